The average molecular weight is 362 g/mol. The molecule has 2 N–H and O–H groups in total. The van der Waals surface area contributed by atoms with E-state index in [1.807, 2.05) is 6.92 Å². The number of imidazole rings is 1. The highest BCUT2D eigenvalue weighted by Gasteiger charge is 2.17. The molecule has 20 heavy (non-hydrogen) atoms. The second kappa shape index (κ2) is 6.02. The number of nitrogens with zero attached hydrogens (tertiary/aromatic N) is 1. The molecule has 0 fully saturated rings. The van der Waals surface area contributed by atoms with Crippen molar-refractivity contribution in [1.82, 2.24) is 14.7 Å². The average Bonchev–Trinajstić information content (AvgIpc) is 2.89. The lowest BCUT2D eigenvalue weighted by atomic mass is 10.2. The molecule has 0 aliphatic carbocycles. The fourth-order valence-electron chi connectivity index (χ4n) is 1.59. The first kappa shape index (κ1) is 15.1. The monoisotopic (exact) mass is 361 g/mol. The number of hydrogen-bond acceptors (Lipinski definition) is 3. The first-order valence-corrected chi connectivity index (χ1v) is 8.17. The molecule has 0 amide bonds. The maximum Gasteiger partial charge on any atom is 0.257 e. The molecule has 0 aliphatic rings. The summed E-state index contributed by atoms with van der Waals surface area (Å²) < 4.78 is 40.2. The van der Waals surface area contributed by atoms with Gasteiger partial charge in [0.25, 0.3) is 10.0 Å². The zero-order valence-corrected chi connectivity index (χ0v) is 13.1. The number of benzene rings is 1. The molecule has 2 aromatic rings. The minimum Gasteiger partial charge on any atom is -0.332 e. The fraction of sp³-hybridized carbons (Fsp3) is 0.250. The Bertz CT molecular complexity index is 715. The highest BCUT2D eigenvalue weighted by atomic mass is 79.9. The maximum absolute atomic E-state index is 13.1. The fourth-order valence-corrected chi connectivity index (χ4v) is 2.92. The number of aryl methyl sites for hydroxylation is 1. The van der Waals surface area contributed by atoms with E-state index in [4.69, 9.17) is 0 Å². The molecule has 0 bridgehead atoms. The Balaban J connectivity index is 2.15. The predicted octanol–water partition coefficient (Wildman–Crippen LogP) is 2.35. The van der Waals surface area contributed by atoms with Crippen LogP contribution in [0.25, 0.3) is 0 Å². The Labute approximate surface area is 124 Å². The summed E-state index contributed by atoms with van der Waals surface area (Å²) in [4.78, 5) is 6.66. The molecule has 0 aliphatic heterocycles. The van der Waals surface area contributed by atoms with Crippen molar-refractivity contribution < 1.29 is 12.8 Å². The van der Waals surface area contributed by atoms with Crippen LogP contribution in [0.3, 0.4) is 0 Å². The van der Waals surface area contributed by atoms with Gasteiger partial charge in [0.1, 0.15) is 11.6 Å². The van der Waals surface area contributed by atoms with Gasteiger partial charge in [0.2, 0.25) is 0 Å². The largest absolute Gasteiger partial charge is 0.332 e. The van der Waals surface area contributed by atoms with E-state index in [2.05, 4.69) is 30.6 Å². The molecular weight excluding hydrogens is 349 g/mol. The van der Waals surface area contributed by atoms with Gasteiger partial charge >= 0.3 is 0 Å². The van der Waals surface area contributed by atoms with E-state index in [0.717, 1.165) is 0 Å². The van der Waals surface area contributed by atoms with Crippen LogP contribution < -0.4 is 4.72 Å². The molecule has 0 spiro atoms. The molecule has 8 heteroatoms. The van der Waals surface area contributed by atoms with E-state index in [1.165, 1.54) is 24.4 Å². The lowest BCUT2D eigenvalue weighted by Gasteiger charge is -2.07. The Hall–Kier alpha value is -1.25. The molecule has 0 saturated heterocycles. The third-order valence-electron chi connectivity index (χ3n) is 2.69. The van der Waals surface area contributed by atoms with Crippen LogP contribution in [0.2, 0.25) is 0 Å². The van der Waals surface area contributed by atoms with Crippen LogP contribution in [0, 0.1) is 5.82 Å². The minimum absolute atomic E-state index is 0.00174. The zero-order chi connectivity index (χ0) is 14.8. The smallest absolute Gasteiger partial charge is 0.257 e. The molecule has 1 aromatic carbocycles. The predicted molar refractivity (Wildman–Crippen MR) is 76.1 cm³/mol. The van der Waals surface area contributed by atoms with Crippen molar-refractivity contribution in [2.75, 3.05) is 0 Å². The summed E-state index contributed by atoms with van der Waals surface area (Å²) in [6.07, 6.45) is 1.88. The van der Waals surface area contributed by atoms with Crippen LogP contribution in [0.15, 0.2) is 33.9 Å². The van der Waals surface area contributed by atoms with Crippen molar-refractivity contribution in [2.24, 2.45) is 0 Å². The van der Waals surface area contributed by atoms with Crippen molar-refractivity contribution in [3.8, 4) is 0 Å². The standard InChI is InChI=1S/C12H13BrFN3O2S/c1-2-11-15-7-12(17-11)20(18,19)16-6-8-5-9(14)3-4-10(8)13/h3-5,7,16H,2,6H2,1H3,(H,15,17). The highest BCUT2D eigenvalue weighted by molar-refractivity contribution is 9.10. The number of sulfonamides is 1. The van der Waals surface area contributed by atoms with Crippen molar-refractivity contribution in [3.05, 3.63) is 46.1 Å². The number of halogens is 2. The summed E-state index contributed by atoms with van der Waals surface area (Å²) in [6.45, 7) is 1.85. The van der Waals surface area contributed by atoms with Gasteiger partial charge in [-0.05, 0) is 23.8 Å². The molecular formula is C12H13BrFN3O2S. The first-order valence-electron chi connectivity index (χ1n) is 5.90. The Morgan fingerprint density at radius 2 is 2.20 bits per heavy atom. The lowest BCUT2D eigenvalue weighted by Crippen LogP contribution is -2.23. The maximum atomic E-state index is 13.1. The van der Waals surface area contributed by atoms with E-state index in [-0.39, 0.29) is 11.6 Å². The van der Waals surface area contributed by atoms with Crippen molar-refractivity contribution >= 4 is 26.0 Å². The van der Waals surface area contributed by atoms with Gasteiger partial charge in [0.15, 0.2) is 5.03 Å². The van der Waals surface area contributed by atoms with E-state index >= 15 is 0 Å². The van der Waals surface area contributed by atoms with E-state index in [0.29, 0.717) is 22.3 Å². The van der Waals surface area contributed by atoms with Gasteiger partial charge in [0, 0.05) is 17.4 Å². The quantitative estimate of drug-likeness (QED) is 0.858. The molecule has 2 rings (SSSR count). The zero-order valence-electron chi connectivity index (χ0n) is 10.7. The number of nitrogens with one attached hydrogen (secondary N) is 2. The van der Waals surface area contributed by atoms with Gasteiger partial charge in [-0.1, -0.05) is 22.9 Å². The van der Waals surface area contributed by atoms with Gasteiger partial charge in [-0.25, -0.2) is 22.5 Å². The summed E-state index contributed by atoms with van der Waals surface area (Å²) >= 11 is 3.25. The molecule has 0 unspecified atom stereocenters. The SMILES string of the molecule is CCc1ncc(S(=O)(=O)NCc2cc(F)ccc2Br)[nH]1. The topological polar surface area (TPSA) is 74.8 Å². The second-order valence-electron chi connectivity index (χ2n) is 4.11. The van der Waals surface area contributed by atoms with Gasteiger partial charge < -0.3 is 4.98 Å². The second-order valence-corrected chi connectivity index (χ2v) is 6.70. The van der Waals surface area contributed by atoms with Gasteiger partial charge in [-0.15, -0.1) is 0 Å². The summed E-state index contributed by atoms with van der Waals surface area (Å²) in [5.41, 5.74) is 0.517. The van der Waals surface area contributed by atoms with Crippen LogP contribution in [-0.2, 0) is 23.0 Å². The van der Waals surface area contributed by atoms with Crippen LogP contribution in [0.5, 0.6) is 0 Å². The van der Waals surface area contributed by atoms with Gasteiger partial charge in [-0.3, -0.25) is 0 Å². The van der Waals surface area contributed by atoms with E-state index < -0.39 is 15.8 Å². The molecule has 0 radical (unpaired) electrons. The number of aromatic nitrogens is 2. The van der Waals surface area contributed by atoms with Crippen molar-refractivity contribution in [1.29, 1.82) is 0 Å². The van der Waals surface area contributed by atoms with E-state index in [9.17, 15) is 12.8 Å². The van der Waals surface area contributed by atoms with Crippen molar-refractivity contribution in [2.45, 2.75) is 24.9 Å². The van der Waals surface area contributed by atoms with Crippen LogP contribution >= 0.6 is 15.9 Å². The van der Waals surface area contributed by atoms with Crippen LogP contribution in [-0.4, -0.2) is 18.4 Å². The summed E-state index contributed by atoms with van der Waals surface area (Å²) in [5, 5.41) is 0.00174. The number of hydrogen-bond donors (Lipinski definition) is 2. The molecule has 108 valence electrons. The van der Waals surface area contributed by atoms with Gasteiger partial charge in [-0.2, -0.15) is 0 Å². The van der Waals surface area contributed by atoms with Crippen LogP contribution in [0.1, 0.15) is 18.3 Å². The molecule has 1 heterocycles. The summed E-state index contributed by atoms with van der Waals surface area (Å²) in [5.74, 6) is 0.175. The summed E-state index contributed by atoms with van der Waals surface area (Å²) in [7, 11) is -3.69. The lowest BCUT2D eigenvalue weighted by molar-refractivity contribution is 0.576. The van der Waals surface area contributed by atoms with E-state index in [1.54, 1.807) is 0 Å². The third-order valence-corrected chi connectivity index (χ3v) is 4.77. The third kappa shape index (κ3) is 3.44. The molecule has 1 aromatic heterocycles. The number of rotatable bonds is 5. The first-order chi connectivity index (χ1) is 9.42. The Morgan fingerprint density at radius 3 is 2.85 bits per heavy atom. The molecule has 5 nitrogen and oxygen atoms in total. The molecule has 0 atom stereocenters. The van der Waals surface area contributed by atoms with Crippen molar-refractivity contribution in [3.63, 3.8) is 0 Å². The minimum atomic E-state index is -3.69. The summed E-state index contributed by atoms with van der Waals surface area (Å²) in [6, 6.07) is 4.10. The Kier molecular flexibility index (Phi) is 4.56. The normalized spacial score (nSPS) is 11.8. The Morgan fingerprint density at radius 1 is 1.45 bits per heavy atom. The molecule has 0 saturated carbocycles. The number of H-pyrrole nitrogens is 1. The van der Waals surface area contributed by atoms with Crippen LogP contribution in [0.4, 0.5) is 4.39 Å². The number of aromatic amines is 1. The highest BCUT2D eigenvalue weighted by Crippen LogP contribution is 2.18. The van der Waals surface area contributed by atoms with Gasteiger partial charge in [0.05, 0.1) is 6.20 Å².